The SMILES string of the molecule is CN(C(=O)COc1ccccc1N(CCC1CCCCC1)C(=O)CN1C(=O)c2ccccc2C1=O)c1ccccc1. The molecule has 1 fully saturated rings. The molecule has 1 saturated carbocycles. The van der Waals surface area contributed by atoms with Crippen LogP contribution in [0.1, 0.15) is 59.2 Å². The van der Waals surface area contributed by atoms with Crippen LogP contribution in [0.3, 0.4) is 0 Å². The summed E-state index contributed by atoms with van der Waals surface area (Å²) in [7, 11) is 1.69. The van der Waals surface area contributed by atoms with Gasteiger partial charge in [-0.05, 0) is 48.7 Å². The summed E-state index contributed by atoms with van der Waals surface area (Å²) in [5.74, 6) is -0.652. The first-order valence-electron chi connectivity index (χ1n) is 14.2. The number of hydrogen-bond donors (Lipinski definition) is 0. The van der Waals surface area contributed by atoms with Crippen molar-refractivity contribution in [1.29, 1.82) is 0 Å². The van der Waals surface area contributed by atoms with Gasteiger partial charge in [0, 0.05) is 19.3 Å². The van der Waals surface area contributed by atoms with Crippen LogP contribution in [0.15, 0.2) is 78.9 Å². The van der Waals surface area contributed by atoms with E-state index in [9.17, 15) is 19.2 Å². The second-order valence-corrected chi connectivity index (χ2v) is 10.6. The molecule has 212 valence electrons. The third-order valence-electron chi connectivity index (χ3n) is 7.98. The molecule has 0 spiro atoms. The number of anilines is 2. The lowest BCUT2D eigenvalue weighted by Gasteiger charge is -2.29. The zero-order valence-electron chi connectivity index (χ0n) is 23.3. The largest absolute Gasteiger partial charge is 0.482 e. The summed E-state index contributed by atoms with van der Waals surface area (Å²) in [6.45, 7) is -0.169. The Kier molecular flexibility index (Phi) is 8.77. The van der Waals surface area contributed by atoms with Crippen LogP contribution in [-0.4, -0.2) is 55.3 Å². The van der Waals surface area contributed by atoms with E-state index in [2.05, 4.69) is 0 Å². The molecular weight excluding hydrogens is 518 g/mol. The lowest BCUT2D eigenvalue weighted by Crippen LogP contribution is -2.43. The van der Waals surface area contributed by atoms with Crippen LogP contribution in [0.25, 0.3) is 0 Å². The van der Waals surface area contributed by atoms with Gasteiger partial charge in [-0.1, -0.05) is 74.6 Å². The van der Waals surface area contributed by atoms with Crippen molar-refractivity contribution in [2.24, 2.45) is 5.92 Å². The monoisotopic (exact) mass is 553 g/mol. The molecular formula is C33H35N3O5. The minimum Gasteiger partial charge on any atom is -0.482 e. The number of amides is 4. The fourth-order valence-electron chi connectivity index (χ4n) is 5.60. The van der Waals surface area contributed by atoms with Crippen molar-refractivity contribution in [3.05, 3.63) is 90.0 Å². The summed E-state index contributed by atoms with van der Waals surface area (Å²) in [5, 5.41) is 0. The average molecular weight is 554 g/mol. The van der Waals surface area contributed by atoms with Gasteiger partial charge in [0.05, 0.1) is 16.8 Å². The highest BCUT2D eigenvalue weighted by molar-refractivity contribution is 6.22. The number of fused-ring (bicyclic) bond motifs is 1. The zero-order chi connectivity index (χ0) is 28.8. The van der Waals surface area contributed by atoms with Crippen molar-refractivity contribution in [1.82, 2.24) is 4.90 Å². The van der Waals surface area contributed by atoms with E-state index in [1.54, 1.807) is 54.4 Å². The lowest BCUT2D eigenvalue weighted by molar-refractivity contribution is -0.120. The van der Waals surface area contributed by atoms with E-state index >= 15 is 0 Å². The Morgan fingerprint density at radius 3 is 2.10 bits per heavy atom. The van der Waals surface area contributed by atoms with Gasteiger partial charge in [0.2, 0.25) is 5.91 Å². The van der Waals surface area contributed by atoms with Gasteiger partial charge in [-0.2, -0.15) is 0 Å². The third-order valence-corrected chi connectivity index (χ3v) is 7.98. The first-order chi connectivity index (χ1) is 19.9. The van der Waals surface area contributed by atoms with E-state index in [0.717, 1.165) is 29.8 Å². The van der Waals surface area contributed by atoms with Gasteiger partial charge in [-0.15, -0.1) is 0 Å². The number of carbonyl (C=O) groups excluding carboxylic acids is 4. The van der Waals surface area contributed by atoms with E-state index in [4.69, 9.17) is 4.74 Å². The number of benzene rings is 3. The fourth-order valence-corrected chi connectivity index (χ4v) is 5.60. The maximum Gasteiger partial charge on any atom is 0.264 e. The number of rotatable bonds is 10. The highest BCUT2D eigenvalue weighted by Gasteiger charge is 2.37. The van der Waals surface area contributed by atoms with Crippen LogP contribution in [0.5, 0.6) is 5.75 Å². The Morgan fingerprint density at radius 2 is 1.41 bits per heavy atom. The van der Waals surface area contributed by atoms with Gasteiger partial charge < -0.3 is 14.5 Å². The molecule has 1 aliphatic heterocycles. The van der Waals surface area contributed by atoms with Gasteiger partial charge in [0.15, 0.2) is 6.61 Å². The van der Waals surface area contributed by atoms with Gasteiger partial charge in [0.25, 0.3) is 17.7 Å². The summed E-state index contributed by atoms with van der Waals surface area (Å²) in [6, 6.07) is 23.0. The second-order valence-electron chi connectivity index (χ2n) is 10.6. The predicted octanol–water partition coefficient (Wildman–Crippen LogP) is 5.33. The van der Waals surface area contributed by atoms with Gasteiger partial charge in [-0.25, -0.2) is 0 Å². The molecule has 5 rings (SSSR count). The Morgan fingerprint density at radius 1 is 0.805 bits per heavy atom. The minimum atomic E-state index is -0.467. The molecule has 3 aromatic carbocycles. The Labute approximate surface area is 240 Å². The molecule has 1 heterocycles. The van der Waals surface area contributed by atoms with Crippen LogP contribution < -0.4 is 14.5 Å². The molecule has 0 unspecified atom stereocenters. The number of para-hydroxylation sites is 3. The van der Waals surface area contributed by atoms with E-state index in [1.807, 2.05) is 36.4 Å². The van der Waals surface area contributed by atoms with Crippen LogP contribution in [-0.2, 0) is 9.59 Å². The normalized spacial score (nSPS) is 15.0. The van der Waals surface area contributed by atoms with Gasteiger partial charge in [-0.3, -0.25) is 24.1 Å². The maximum absolute atomic E-state index is 13.8. The molecule has 0 saturated heterocycles. The number of imide groups is 1. The standard InChI is InChI=1S/C33H35N3O5/c1-34(25-14-6-3-7-15-25)31(38)23-41-29-19-11-10-18-28(29)35(21-20-24-12-4-2-5-13-24)30(37)22-36-32(39)26-16-8-9-17-27(26)33(36)40/h3,6-11,14-19,24H,2,4-5,12-13,20-23H2,1H3. The van der Waals surface area contributed by atoms with Gasteiger partial charge >= 0.3 is 0 Å². The smallest absolute Gasteiger partial charge is 0.264 e. The summed E-state index contributed by atoms with van der Waals surface area (Å²) < 4.78 is 5.99. The molecule has 1 aliphatic carbocycles. The number of carbonyl (C=O) groups is 4. The molecule has 2 aliphatic rings. The topological polar surface area (TPSA) is 87.2 Å². The first kappa shape index (κ1) is 28.1. The Bertz CT molecular complexity index is 1380. The highest BCUT2D eigenvalue weighted by Crippen LogP contribution is 2.32. The minimum absolute atomic E-state index is 0.217. The average Bonchev–Trinajstić information content (AvgIpc) is 3.25. The lowest BCUT2D eigenvalue weighted by atomic mass is 9.87. The van der Waals surface area contributed by atoms with Crippen molar-refractivity contribution in [3.8, 4) is 5.75 Å². The van der Waals surface area contributed by atoms with Crippen molar-refractivity contribution >= 4 is 35.0 Å². The van der Waals surface area contributed by atoms with Crippen LogP contribution in [0, 0.1) is 5.92 Å². The Balaban J connectivity index is 1.35. The Hall–Kier alpha value is -4.46. The van der Waals surface area contributed by atoms with Crippen LogP contribution >= 0.6 is 0 Å². The van der Waals surface area contributed by atoms with E-state index < -0.39 is 11.8 Å². The zero-order valence-corrected chi connectivity index (χ0v) is 23.3. The van der Waals surface area contributed by atoms with Crippen LogP contribution in [0.4, 0.5) is 11.4 Å². The van der Waals surface area contributed by atoms with E-state index in [1.165, 1.54) is 24.2 Å². The first-order valence-corrected chi connectivity index (χ1v) is 14.2. The number of ether oxygens (including phenoxy) is 1. The molecule has 4 amide bonds. The van der Waals surface area contributed by atoms with E-state index in [0.29, 0.717) is 35.0 Å². The van der Waals surface area contributed by atoms with E-state index in [-0.39, 0.29) is 25.0 Å². The molecule has 0 bridgehead atoms. The van der Waals surface area contributed by atoms with Crippen molar-refractivity contribution in [3.63, 3.8) is 0 Å². The van der Waals surface area contributed by atoms with Crippen molar-refractivity contribution < 1.29 is 23.9 Å². The highest BCUT2D eigenvalue weighted by atomic mass is 16.5. The predicted molar refractivity (Wildman–Crippen MR) is 157 cm³/mol. The molecule has 8 nitrogen and oxygen atoms in total. The van der Waals surface area contributed by atoms with Crippen molar-refractivity contribution in [2.75, 3.05) is 36.5 Å². The quantitative estimate of drug-likeness (QED) is 0.317. The molecule has 8 heteroatoms. The summed E-state index contributed by atoms with van der Waals surface area (Å²) in [4.78, 5) is 56.9. The molecule has 0 atom stereocenters. The van der Waals surface area contributed by atoms with Crippen LogP contribution in [0.2, 0.25) is 0 Å². The summed E-state index contributed by atoms with van der Waals surface area (Å²) in [6.07, 6.45) is 6.66. The molecule has 3 aromatic rings. The van der Waals surface area contributed by atoms with Gasteiger partial charge in [0.1, 0.15) is 12.3 Å². The number of likely N-dealkylation sites (N-methyl/N-ethyl adjacent to an activating group) is 1. The second kappa shape index (κ2) is 12.8. The molecule has 0 aromatic heterocycles. The number of nitrogens with zero attached hydrogens (tertiary/aromatic N) is 3. The molecule has 0 N–H and O–H groups in total. The molecule has 0 radical (unpaired) electrons. The molecule has 41 heavy (non-hydrogen) atoms. The number of hydrogen-bond acceptors (Lipinski definition) is 5. The summed E-state index contributed by atoms with van der Waals surface area (Å²) >= 11 is 0. The van der Waals surface area contributed by atoms with Crippen molar-refractivity contribution in [2.45, 2.75) is 38.5 Å². The third kappa shape index (κ3) is 6.32. The summed E-state index contributed by atoms with van der Waals surface area (Å²) in [5.41, 5.74) is 1.88. The fraction of sp³-hybridized carbons (Fsp3) is 0.333. The maximum atomic E-state index is 13.8.